The molecule has 0 aliphatic rings. The molecule has 1 atom stereocenters. The lowest BCUT2D eigenvalue weighted by molar-refractivity contribution is -0.129. The molecule has 150 valence electrons. The Bertz CT molecular complexity index is 1010. The van der Waals surface area contributed by atoms with Crippen LogP contribution in [0.25, 0.3) is 10.8 Å². The van der Waals surface area contributed by atoms with E-state index < -0.39 is 6.04 Å². The first kappa shape index (κ1) is 20.6. The van der Waals surface area contributed by atoms with Gasteiger partial charge in [0.15, 0.2) is 0 Å². The lowest BCUT2D eigenvalue weighted by Gasteiger charge is -2.22. The van der Waals surface area contributed by atoms with Crippen molar-refractivity contribution >= 4 is 22.6 Å². The van der Waals surface area contributed by atoms with Crippen LogP contribution < -0.4 is 10.6 Å². The van der Waals surface area contributed by atoms with Crippen LogP contribution in [0.15, 0.2) is 66.7 Å². The summed E-state index contributed by atoms with van der Waals surface area (Å²) in [5.41, 5.74) is 3.13. The summed E-state index contributed by atoms with van der Waals surface area (Å²) in [5, 5.41) is 8.11. The molecule has 3 rings (SSSR count). The standard InChI is InChI=1S/C25H28N2O2/c1-17(2)24(25(29)26-16-20-8-6-7-18(3)13-20)27-23(28)15-19-11-12-21-9-4-5-10-22(21)14-19/h4-14,17,24H,15-16H2,1-3H3,(H,26,29)(H,27,28). The van der Waals surface area contributed by atoms with Crippen molar-refractivity contribution in [2.45, 2.75) is 39.8 Å². The van der Waals surface area contributed by atoms with E-state index in [1.807, 2.05) is 87.5 Å². The minimum atomic E-state index is -0.562. The van der Waals surface area contributed by atoms with Gasteiger partial charge in [0.05, 0.1) is 6.42 Å². The van der Waals surface area contributed by atoms with Crippen LogP contribution in [0.3, 0.4) is 0 Å². The highest BCUT2D eigenvalue weighted by molar-refractivity contribution is 5.89. The Morgan fingerprint density at radius 3 is 2.34 bits per heavy atom. The van der Waals surface area contributed by atoms with Crippen LogP contribution in [0.2, 0.25) is 0 Å². The molecule has 4 heteroatoms. The molecule has 0 radical (unpaired) electrons. The lowest BCUT2D eigenvalue weighted by Crippen LogP contribution is -2.49. The summed E-state index contributed by atoms with van der Waals surface area (Å²) in [5.74, 6) is -0.314. The van der Waals surface area contributed by atoms with Gasteiger partial charge < -0.3 is 10.6 Å². The molecule has 2 N–H and O–H groups in total. The number of rotatable bonds is 7. The highest BCUT2D eigenvalue weighted by Gasteiger charge is 2.24. The summed E-state index contributed by atoms with van der Waals surface area (Å²) >= 11 is 0. The van der Waals surface area contributed by atoms with Crippen molar-refractivity contribution in [2.24, 2.45) is 5.92 Å². The number of carbonyl (C=O) groups is 2. The maximum absolute atomic E-state index is 12.7. The van der Waals surface area contributed by atoms with Gasteiger partial charge in [-0.15, -0.1) is 0 Å². The quantitative estimate of drug-likeness (QED) is 0.639. The molecular weight excluding hydrogens is 360 g/mol. The molecule has 0 heterocycles. The topological polar surface area (TPSA) is 58.2 Å². The fraction of sp³-hybridized carbons (Fsp3) is 0.280. The molecule has 0 aromatic heterocycles. The second-order valence-corrected chi connectivity index (χ2v) is 7.85. The Hall–Kier alpha value is -3.14. The largest absolute Gasteiger partial charge is 0.350 e. The normalized spacial score (nSPS) is 12.0. The molecule has 3 aromatic carbocycles. The highest BCUT2D eigenvalue weighted by atomic mass is 16.2. The van der Waals surface area contributed by atoms with Crippen LogP contribution in [-0.4, -0.2) is 17.9 Å². The van der Waals surface area contributed by atoms with E-state index in [9.17, 15) is 9.59 Å². The first-order valence-corrected chi connectivity index (χ1v) is 10.0. The van der Waals surface area contributed by atoms with Crippen molar-refractivity contribution < 1.29 is 9.59 Å². The minimum absolute atomic E-state index is 0.00642. The Morgan fingerprint density at radius 2 is 1.62 bits per heavy atom. The number of carbonyl (C=O) groups excluding carboxylic acids is 2. The van der Waals surface area contributed by atoms with Gasteiger partial charge in [0.1, 0.15) is 6.04 Å². The van der Waals surface area contributed by atoms with E-state index in [1.165, 1.54) is 0 Å². The van der Waals surface area contributed by atoms with Gasteiger partial charge in [-0.05, 0) is 34.7 Å². The van der Waals surface area contributed by atoms with Crippen molar-refractivity contribution in [3.63, 3.8) is 0 Å². The van der Waals surface area contributed by atoms with Gasteiger partial charge >= 0.3 is 0 Å². The molecule has 3 aromatic rings. The molecular formula is C25H28N2O2. The van der Waals surface area contributed by atoms with E-state index in [2.05, 4.69) is 10.6 Å². The minimum Gasteiger partial charge on any atom is -0.350 e. The third kappa shape index (κ3) is 5.67. The molecule has 0 aliphatic carbocycles. The number of nitrogens with one attached hydrogen (secondary N) is 2. The number of amides is 2. The second-order valence-electron chi connectivity index (χ2n) is 7.85. The zero-order chi connectivity index (χ0) is 20.8. The monoisotopic (exact) mass is 388 g/mol. The zero-order valence-electron chi connectivity index (χ0n) is 17.2. The van der Waals surface area contributed by atoms with E-state index in [0.29, 0.717) is 6.54 Å². The number of fused-ring (bicyclic) bond motifs is 1. The molecule has 0 aliphatic heterocycles. The van der Waals surface area contributed by atoms with Crippen molar-refractivity contribution in [1.29, 1.82) is 0 Å². The number of hydrogen-bond donors (Lipinski definition) is 2. The maximum atomic E-state index is 12.7. The van der Waals surface area contributed by atoms with Crippen molar-refractivity contribution in [1.82, 2.24) is 10.6 Å². The summed E-state index contributed by atoms with van der Waals surface area (Å²) in [4.78, 5) is 25.3. The lowest BCUT2D eigenvalue weighted by atomic mass is 10.0. The smallest absolute Gasteiger partial charge is 0.243 e. The fourth-order valence-electron chi connectivity index (χ4n) is 3.41. The fourth-order valence-corrected chi connectivity index (χ4v) is 3.41. The molecule has 1 unspecified atom stereocenters. The first-order chi connectivity index (χ1) is 13.9. The SMILES string of the molecule is Cc1cccc(CNC(=O)C(NC(=O)Cc2ccc3ccccc3c2)C(C)C)c1. The maximum Gasteiger partial charge on any atom is 0.243 e. The number of hydrogen-bond acceptors (Lipinski definition) is 2. The average Bonchev–Trinajstić information content (AvgIpc) is 2.70. The zero-order valence-corrected chi connectivity index (χ0v) is 17.2. The Kier molecular flexibility index (Phi) is 6.65. The molecule has 4 nitrogen and oxygen atoms in total. The predicted molar refractivity (Wildman–Crippen MR) is 117 cm³/mol. The van der Waals surface area contributed by atoms with Crippen LogP contribution >= 0.6 is 0 Å². The van der Waals surface area contributed by atoms with Gasteiger partial charge in [0.25, 0.3) is 0 Å². The van der Waals surface area contributed by atoms with Crippen LogP contribution in [0, 0.1) is 12.8 Å². The third-order valence-electron chi connectivity index (χ3n) is 4.99. The van der Waals surface area contributed by atoms with Gasteiger partial charge in [0, 0.05) is 6.54 Å². The van der Waals surface area contributed by atoms with Crippen LogP contribution in [0.5, 0.6) is 0 Å². The van der Waals surface area contributed by atoms with Crippen molar-refractivity contribution in [2.75, 3.05) is 0 Å². The van der Waals surface area contributed by atoms with Crippen LogP contribution in [0.4, 0.5) is 0 Å². The molecule has 29 heavy (non-hydrogen) atoms. The Balaban J connectivity index is 1.60. The van der Waals surface area contributed by atoms with Crippen LogP contribution in [0.1, 0.15) is 30.5 Å². The van der Waals surface area contributed by atoms with Gasteiger partial charge in [-0.3, -0.25) is 9.59 Å². The first-order valence-electron chi connectivity index (χ1n) is 10.0. The number of aryl methyl sites for hydroxylation is 1. The van der Waals surface area contributed by atoms with E-state index in [4.69, 9.17) is 0 Å². The van der Waals surface area contributed by atoms with Gasteiger partial charge in [-0.25, -0.2) is 0 Å². The van der Waals surface area contributed by atoms with Gasteiger partial charge in [0.2, 0.25) is 11.8 Å². The van der Waals surface area contributed by atoms with Crippen molar-refractivity contribution in [3.05, 3.63) is 83.4 Å². The van der Waals surface area contributed by atoms with E-state index in [1.54, 1.807) is 0 Å². The van der Waals surface area contributed by atoms with E-state index in [0.717, 1.165) is 27.5 Å². The average molecular weight is 389 g/mol. The molecule has 0 spiro atoms. The highest BCUT2D eigenvalue weighted by Crippen LogP contribution is 2.16. The summed E-state index contributed by atoms with van der Waals surface area (Å²) in [6.07, 6.45) is 0.249. The summed E-state index contributed by atoms with van der Waals surface area (Å²) < 4.78 is 0. The molecule has 0 saturated carbocycles. The van der Waals surface area contributed by atoms with E-state index >= 15 is 0 Å². The van der Waals surface area contributed by atoms with Gasteiger partial charge in [-0.1, -0.05) is 86.1 Å². The molecule has 0 bridgehead atoms. The molecule has 0 fully saturated rings. The van der Waals surface area contributed by atoms with E-state index in [-0.39, 0.29) is 24.2 Å². The summed E-state index contributed by atoms with van der Waals surface area (Å²) in [7, 11) is 0. The Morgan fingerprint density at radius 1 is 0.862 bits per heavy atom. The second kappa shape index (κ2) is 9.37. The Labute approximate surface area is 172 Å². The van der Waals surface area contributed by atoms with Gasteiger partial charge in [-0.2, -0.15) is 0 Å². The third-order valence-corrected chi connectivity index (χ3v) is 4.99. The molecule has 0 saturated heterocycles. The summed E-state index contributed by atoms with van der Waals surface area (Å²) in [6.45, 7) is 6.35. The molecule has 2 amide bonds. The predicted octanol–water partition coefficient (Wildman–Crippen LogP) is 4.15. The number of benzene rings is 3. The van der Waals surface area contributed by atoms with Crippen molar-refractivity contribution in [3.8, 4) is 0 Å². The summed E-state index contributed by atoms with van der Waals surface area (Å²) in [6, 6.07) is 21.5. The van der Waals surface area contributed by atoms with Crippen LogP contribution in [-0.2, 0) is 22.6 Å².